The first-order valence-corrected chi connectivity index (χ1v) is 9.60. The molecule has 0 radical (unpaired) electrons. The van der Waals surface area contributed by atoms with E-state index >= 15 is 0 Å². The van der Waals surface area contributed by atoms with Gasteiger partial charge in [0, 0.05) is 21.5 Å². The molecular formula is C22H18Cl2O2. The Morgan fingerprint density at radius 3 is 2.62 bits per heavy atom. The number of hydrogen-bond donors (Lipinski definition) is 0. The molecule has 1 fully saturated rings. The van der Waals surface area contributed by atoms with Gasteiger partial charge < -0.3 is 0 Å². The molecule has 1 saturated carbocycles. The zero-order valence-corrected chi connectivity index (χ0v) is 15.9. The largest absolute Gasteiger partial charge is 0.298 e. The lowest BCUT2D eigenvalue weighted by Gasteiger charge is -2.26. The zero-order valence-electron chi connectivity index (χ0n) is 14.4. The molecule has 4 rings (SSSR count). The SMILES string of the molecule is CCc1ccc(-c2ccc(Cl)cc2Cl)cc1C1C(=O)C2=CCC(C2)C1=O. The van der Waals surface area contributed by atoms with Gasteiger partial charge in [0.1, 0.15) is 5.92 Å². The molecule has 0 N–H and O–H groups in total. The van der Waals surface area contributed by atoms with Gasteiger partial charge in [0.15, 0.2) is 11.6 Å². The predicted octanol–water partition coefficient (Wildman–Crippen LogP) is 5.79. The maximum absolute atomic E-state index is 12.9. The second-order valence-corrected chi connectivity index (χ2v) is 7.80. The third kappa shape index (κ3) is 2.82. The van der Waals surface area contributed by atoms with Gasteiger partial charge in [-0.25, -0.2) is 0 Å². The highest BCUT2D eigenvalue weighted by molar-refractivity contribution is 6.36. The highest BCUT2D eigenvalue weighted by Gasteiger charge is 2.43. The van der Waals surface area contributed by atoms with Crippen LogP contribution in [0.25, 0.3) is 11.1 Å². The second-order valence-electron chi connectivity index (χ2n) is 6.96. The Hall–Kier alpha value is -1.90. The van der Waals surface area contributed by atoms with Gasteiger partial charge in [-0.1, -0.05) is 54.4 Å². The molecule has 0 spiro atoms. The maximum atomic E-state index is 12.9. The molecule has 0 amide bonds. The number of carbonyl (C=O) groups excluding carboxylic acids is 2. The van der Waals surface area contributed by atoms with Crippen molar-refractivity contribution in [2.45, 2.75) is 32.1 Å². The van der Waals surface area contributed by atoms with Gasteiger partial charge in [0.2, 0.25) is 0 Å². The minimum Gasteiger partial charge on any atom is -0.298 e. The van der Waals surface area contributed by atoms with Crippen LogP contribution in [0.2, 0.25) is 10.0 Å². The van der Waals surface area contributed by atoms with Crippen LogP contribution >= 0.6 is 23.2 Å². The molecule has 2 aromatic carbocycles. The molecule has 0 saturated heterocycles. The summed E-state index contributed by atoms with van der Waals surface area (Å²) < 4.78 is 0. The number of allylic oxidation sites excluding steroid dienone is 2. The van der Waals surface area contributed by atoms with Gasteiger partial charge in [-0.3, -0.25) is 9.59 Å². The van der Waals surface area contributed by atoms with Crippen molar-refractivity contribution in [2.75, 3.05) is 0 Å². The van der Waals surface area contributed by atoms with Crippen molar-refractivity contribution >= 4 is 34.8 Å². The van der Waals surface area contributed by atoms with E-state index in [1.54, 1.807) is 12.1 Å². The first-order valence-electron chi connectivity index (χ1n) is 8.84. The van der Waals surface area contributed by atoms with Crippen molar-refractivity contribution in [3.8, 4) is 11.1 Å². The zero-order chi connectivity index (χ0) is 18.4. The number of fused-ring (bicyclic) bond motifs is 2. The van der Waals surface area contributed by atoms with Gasteiger partial charge in [-0.05, 0) is 59.7 Å². The van der Waals surface area contributed by atoms with Crippen LogP contribution in [0.15, 0.2) is 48.0 Å². The lowest BCUT2D eigenvalue weighted by molar-refractivity contribution is -0.131. The van der Waals surface area contributed by atoms with E-state index in [9.17, 15) is 9.59 Å². The number of carbonyl (C=O) groups is 2. The van der Waals surface area contributed by atoms with E-state index in [0.29, 0.717) is 22.9 Å². The first kappa shape index (κ1) is 17.5. The maximum Gasteiger partial charge on any atom is 0.173 e. The van der Waals surface area contributed by atoms with E-state index in [1.807, 2.05) is 37.3 Å². The average Bonchev–Trinajstić information content (AvgIpc) is 3.07. The quantitative estimate of drug-likeness (QED) is 0.627. The Bertz CT molecular complexity index is 959. The Balaban J connectivity index is 1.84. The Labute approximate surface area is 162 Å². The Morgan fingerprint density at radius 2 is 1.88 bits per heavy atom. The van der Waals surface area contributed by atoms with Crippen molar-refractivity contribution in [1.29, 1.82) is 0 Å². The monoisotopic (exact) mass is 384 g/mol. The van der Waals surface area contributed by atoms with Crippen LogP contribution in [0.4, 0.5) is 0 Å². The number of hydrogen-bond acceptors (Lipinski definition) is 2. The molecule has 2 atom stereocenters. The van der Waals surface area contributed by atoms with Crippen molar-refractivity contribution in [2.24, 2.45) is 5.92 Å². The van der Waals surface area contributed by atoms with Crippen LogP contribution < -0.4 is 0 Å². The number of ketones is 2. The highest BCUT2D eigenvalue weighted by Crippen LogP contribution is 2.42. The second kappa shape index (κ2) is 6.68. The summed E-state index contributed by atoms with van der Waals surface area (Å²) in [4.78, 5) is 25.8. The van der Waals surface area contributed by atoms with Crippen LogP contribution in [0.3, 0.4) is 0 Å². The van der Waals surface area contributed by atoms with Gasteiger partial charge in [0.05, 0.1) is 0 Å². The molecule has 2 nitrogen and oxygen atoms in total. The fraction of sp³-hybridized carbons (Fsp3) is 0.273. The summed E-state index contributed by atoms with van der Waals surface area (Å²) >= 11 is 12.4. The molecule has 2 aliphatic rings. The molecule has 26 heavy (non-hydrogen) atoms. The standard InChI is InChI=1S/C22H18Cl2O2/c1-2-12-3-4-13(17-8-7-16(23)11-19(17)24)10-18(12)20-21(25)14-5-6-15(9-14)22(20)26/h3-5,7-8,10-11,15,20H,2,6,9H2,1H3. The summed E-state index contributed by atoms with van der Waals surface area (Å²) in [7, 11) is 0. The Kier molecular flexibility index (Phi) is 4.50. The molecule has 0 heterocycles. The Morgan fingerprint density at radius 1 is 1.08 bits per heavy atom. The first-order chi connectivity index (χ1) is 12.5. The van der Waals surface area contributed by atoms with Crippen LogP contribution in [0.5, 0.6) is 0 Å². The van der Waals surface area contributed by atoms with Gasteiger partial charge in [0.25, 0.3) is 0 Å². The molecule has 0 aliphatic heterocycles. The fourth-order valence-electron chi connectivity index (χ4n) is 4.06. The molecule has 4 heteroatoms. The normalized spacial score (nSPS) is 21.9. The van der Waals surface area contributed by atoms with Gasteiger partial charge >= 0.3 is 0 Å². The average molecular weight is 385 g/mol. The number of halogens is 2. The van der Waals surface area contributed by atoms with Crippen molar-refractivity contribution < 1.29 is 9.59 Å². The van der Waals surface area contributed by atoms with E-state index in [-0.39, 0.29) is 17.5 Å². The molecule has 2 unspecified atom stereocenters. The van der Waals surface area contributed by atoms with Crippen LogP contribution in [-0.4, -0.2) is 11.6 Å². The number of rotatable bonds is 3. The molecule has 2 aliphatic carbocycles. The van der Waals surface area contributed by atoms with Crippen molar-refractivity contribution in [3.63, 3.8) is 0 Å². The number of benzene rings is 2. The van der Waals surface area contributed by atoms with E-state index in [4.69, 9.17) is 23.2 Å². The predicted molar refractivity (Wildman–Crippen MR) is 105 cm³/mol. The molecule has 2 bridgehead atoms. The van der Waals surface area contributed by atoms with Gasteiger partial charge in [-0.2, -0.15) is 0 Å². The lowest BCUT2D eigenvalue weighted by Crippen LogP contribution is -2.33. The number of Topliss-reactive ketones (excluding diaryl/α,β-unsaturated/α-hetero) is 2. The molecule has 0 aromatic heterocycles. The molecular weight excluding hydrogens is 367 g/mol. The number of aryl methyl sites for hydroxylation is 1. The van der Waals surface area contributed by atoms with Crippen molar-refractivity contribution in [3.05, 3.63) is 69.2 Å². The lowest BCUT2D eigenvalue weighted by atomic mass is 9.74. The molecule has 132 valence electrons. The third-order valence-electron chi connectivity index (χ3n) is 5.46. The topological polar surface area (TPSA) is 34.1 Å². The minimum atomic E-state index is -0.677. The van der Waals surface area contributed by atoms with Crippen LogP contribution in [-0.2, 0) is 16.0 Å². The summed E-state index contributed by atoms with van der Waals surface area (Å²) in [6.45, 7) is 2.04. The van der Waals surface area contributed by atoms with Gasteiger partial charge in [-0.15, -0.1) is 0 Å². The summed E-state index contributed by atoms with van der Waals surface area (Å²) in [6.07, 6.45) is 4.01. The smallest absolute Gasteiger partial charge is 0.173 e. The summed E-state index contributed by atoms with van der Waals surface area (Å²) in [6, 6.07) is 11.3. The van der Waals surface area contributed by atoms with E-state index in [2.05, 4.69) is 0 Å². The minimum absolute atomic E-state index is 0.0298. The van der Waals surface area contributed by atoms with Crippen molar-refractivity contribution in [1.82, 2.24) is 0 Å². The summed E-state index contributed by atoms with van der Waals surface area (Å²) in [5, 5.41) is 1.13. The van der Waals surface area contributed by atoms with E-state index in [1.165, 1.54) is 0 Å². The van der Waals surface area contributed by atoms with E-state index < -0.39 is 5.92 Å². The third-order valence-corrected chi connectivity index (χ3v) is 6.01. The fourth-order valence-corrected chi connectivity index (χ4v) is 4.57. The summed E-state index contributed by atoms with van der Waals surface area (Å²) in [5.41, 5.74) is 4.41. The molecule has 2 aromatic rings. The van der Waals surface area contributed by atoms with Crippen LogP contribution in [0, 0.1) is 5.92 Å². The van der Waals surface area contributed by atoms with Crippen LogP contribution in [0.1, 0.15) is 36.8 Å². The summed E-state index contributed by atoms with van der Waals surface area (Å²) in [5.74, 6) is -0.692. The van der Waals surface area contributed by atoms with E-state index in [0.717, 1.165) is 34.2 Å². The highest BCUT2D eigenvalue weighted by atomic mass is 35.5.